The molecule has 0 radical (unpaired) electrons. The van der Waals surface area contributed by atoms with E-state index in [2.05, 4.69) is 0 Å². The highest BCUT2D eigenvalue weighted by atomic mass is 32.2. The van der Waals surface area contributed by atoms with Gasteiger partial charge in [-0.3, -0.25) is 19.3 Å². The number of benzene rings is 1. The van der Waals surface area contributed by atoms with Crippen molar-refractivity contribution >= 4 is 38.8 Å². The zero-order chi connectivity index (χ0) is 30.8. The van der Waals surface area contributed by atoms with Gasteiger partial charge in [-0.05, 0) is 69.3 Å². The maximum Gasteiger partial charge on any atom is 0.255 e. The van der Waals surface area contributed by atoms with Crippen LogP contribution in [-0.4, -0.2) is 103 Å². The van der Waals surface area contributed by atoms with Crippen LogP contribution in [0.4, 0.5) is 5.69 Å². The Labute approximate surface area is 238 Å². The highest BCUT2D eigenvalue weighted by Crippen LogP contribution is 2.54. The SMILES string of the molecule is CN(C)c1cc(CCCCS(C)(=O)=O)c(O)c2c1C[C@H]1C[C@H]3[C@H](N(C)C)C(=O)C(C(N)=O)=C(O)[C@@]3(O)C(=O)C1=C2O. The summed E-state index contributed by atoms with van der Waals surface area (Å²) in [6, 6.07) is 0.623. The van der Waals surface area contributed by atoms with E-state index < -0.39 is 67.9 Å². The number of sulfone groups is 1. The number of ketones is 2. The van der Waals surface area contributed by atoms with Crippen molar-refractivity contribution in [3.8, 4) is 5.75 Å². The van der Waals surface area contributed by atoms with Gasteiger partial charge in [-0.25, -0.2) is 8.42 Å². The molecule has 13 heteroatoms. The number of carbonyl (C=O) groups excluding carboxylic acids is 3. The Bertz CT molecular complexity index is 1510. The number of aryl methyl sites for hydroxylation is 1. The van der Waals surface area contributed by atoms with Crippen molar-refractivity contribution in [3.05, 3.63) is 39.7 Å². The van der Waals surface area contributed by atoms with Gasteiger partial charge in [0.15, 0.2) is 11.4 Å². The van der Waals surface area contributed by atoms with Crippen LogP contribution >= 0.6 is 0 Å². The minimum absolute atomic E-state index is 0.00658. The quantitative estimate of drug-likeness (QED) is 0.207. The van der Waals surface area contributed by atoms with Crippen LogP contribution in [0.2, 0.25) is 0 Å². The van der Waals surface area contributed by atoms with Gasteiger partial charge in [-0.1, -0.05) is 0 Å². The molecular formula is C28H37N3O9S. The number of hydrogen-bond acceptors (Lipinski definition) is 11. The van der Waals surface area contributed by atoms with Crippen LogP contribution in [-0.2, 0) is 37.1 Å². The van der Waals surface area contributed by atoms with Crippen LogP contribution in [0.3, 0.4) is 0 Å². The minimum atomic E-state index is -3.15. The Balaban J connectivity index is 1.88. The van der Waals surface area contributed by atoms with Crippen molar-refractivity contribution in [2.45, 2.75) is 43.7 Å². The number of phenols is 1. The van der Waals surface area contributed by atoms with Crippen LogP contribution in [0.1, 0.15) is 36.0 Å². The van der Waals surface area contributed by atoms with E-state index in [4.69, 9.17) is 5.73 Å². The molecule has 0 aromatic heterocycles. The number of nitrogens with zero attached hydrogens (tertiary/aromatic N) is 2. The average Bonchev–Trinajstić information content (AvgIpc) is 2.83. The van der Waals surface area contributed by atoms with Gasteiger partial charge >= 0.3 is 0 Å². The normalized spacial score (nSPS) is 26.2. The second-order valence-electron chi connectivity index (χ2n) is 11.7. The number of nitrogens with two attached hydrogens (primary N) is 1. The highest BCUT2D eigenvalue weighted by Gasteiger charge is 2.64. The standard InChI is InChI=1S/C28H37N3O9S/c1-30(2)17-12-13(8-6-7-9-41(5,39)40)22(32)19-15(17)10-14-11-16-21(31(3)4)24(34)20(27(29)37)26(36)28(16,38)25(35)18(14)23(19)33/h12,14,16,21,32-33,36,38H,6-11H2,1-5H3,(H2,29,37)/t14-,16-,21-,28-/m0/s1. The monoisotopic (exact) mass is 591 g/mol. The van der Waals surface area contributed by atoms with Crippen molar-refractivity contribution in [2.75, 3.05) is 45.1 Å². The molecule has 224 valence electrons. The van der Waals surface area contributed by atoms with E-state index in [9.17, 15) is 43.2 Å². The Morgan fingerprint density at radius 2 is 1.76 bits per heavy atom. The van der Waals surface area contributed by atoms with E-state index in [-0.39, 0.29) is 35.5 Å². The number of phenolic OH excluding ortho intramolecular Hbond substituents is 1. The summed E-state index contributed by atoms with van der Waals surface area (Å²) in [7, 11) is 3.52. The molecule has 0 bridgehead atoms. The zero-order valence-electron chi connectivity index (χ0n) is 23.8. The molecule has 1 fully saturated rings. The lowest BCUT2D eigenvalue weighted by Gasteiger charge is -2.50. The molecule has 6 N–H and O–H groups in total. The Morgan fingerprint density at radius 3 is 2.29 bits per heavy atom. The van der Waals surface area contributed by atoms with E-state index in [0.717, 1.165) is 6.26 Å². The summed E-state index contributed by atoms with van der Waals surface area (Å²) in [4.78, 5) is 42.6. The summed E-state index contributed by atoms with van der Waals surface area (Å²) in [6.45, 7) is 0. The summed E-state index contributed by atoms with van der Waals surface area (Å²) in [6.07, 6.45) is 2.46. The Morgan fingerprint density at radius 1 is 1.12 bits per heavy atom. The Hall–Kier alpha value is -3.42. The van der Waals surface area contributed by atoms with Gasteiger partial charge in [0.25, 0.3) is 5.91 Å². The van der Waals surface area contributed by atoms with E-state index in [1.165, 1.54) is 4.90 Å². The first-order valence-electron chi connectivity index (χ1n) is 13.3. The average molecular weight is 592 g/mol. The molecule has 3 aliphatic rings. The zero-order valence-corrected chi connectivity index (χ0v) is 24.6. The molecule has 0 saturated heterocycles. The van der Waals surface area contributed by atoms with Crippen molar-refractivity contribution in [1.82, 2.24) is 4.90 Å². The predicted octanol–water partition coefficient (Wildman–Crippen LogP) is 0.397. The van der Waals surface area contributed by atoms with E-state index in [1.54, 1.807) is 39.2 Å². The van der Waals surface area contributed by atoms with Crippen LogP contribution in [0.5, 0.6) is 5.75 Å². The molecule has 41 heavy (non-hydrogen) atoms. The predicted molar refractivity (Wildman–Crippen MR) is 151 cm³/mol. The summed E-state index contributed by atoms with van der Waals surface area (Å²) in [5, 5.41) is 45.5. The summed E-state index contributed by atoms with van der Waals surface area (Å²) in [5.74, 6) is -6.94. The molecule has 12 nitrogen and oxygen atoms in total. The molecule has 0 unspecified atom stereocenters. The minimum Gasteiger partial charge on any atom is -0.508 e. The number of carbonyl (C=O) groups is 3. The largest absolute Gasteiger partial charge is 0.508 e. The molecule has 0 aliphatic heterocycles. The molecule has 4 atom stereocenters. The van der Waals surface area contributed by atoms with Crippen LogP contribution in [0.15, 0.2) is 23.0 Å². The van der Waals surface area contributed by atoms with Gasteiger partial charge in [0.05, 0.1) is 11.6 Å². The van der Waals surface area contributed by atoms with Gasteiger partial charge in [-0.15, -0.1) is 0 Å². The van der Waals surface area contributed by atoms with Crippen molar-refractivity contribution in [2.24, 2.45) is 17.6 Å². The number of aliphatic hydroxyl groups is 3. The third kappa shape index (κ3) is 4.89. The third-order valence-electron chi connectivity index (χ3n) is 8.47. The number of unbranched alkanes of at least 4 members (excludes halogenated alkanes) is 1. The van der Waals surface area contributed by atoms with Crippen LogP contribution in [0.25, 0.3) is 5.76 Å². The molecule has 1 aromatic carbocycles. The van der Waals surface area contributed by atoms with Gasteiger partial charge in [0, 0.05) is 43.3 Å². The number of aliphatic hydroxyl groups excluding tert-OH is 2. The number of anilines is 1. The van der Waals surface area contributed by atoms with Crippen LogP contribution in [0, 0.1) is 11.8 Å². The lowest BCUT2D eigenvalue weighted by atomic mass is 9.57. The molecular weight excluding hydrogens is 554 g/mol. The molecule has 1 aromatic rings. The lowest BCUT2D eigenvalue weighted by molar-refractivity contribution is -0.153. The third-order valence-corrected chi connectivity index (χ3v) is 9.50. The molecule has 4 rings (SSSR count). The van der Waals surface area contributed by atoms with Crippen molar-refractivity contribution < 1.29 is 43.2 Å². The highest BCUT2D eigenvalue weighted by molar-refractivity contribution is 7.90. The summed E-state index contributed by atoms with van der Waals surface area (Å²) >= 11 is 0. The van der Waals surface area contributed by atoms with Crippen molar-refractivity contribution in [1.29, 1.82) is 0 Å². The molecule has 0 spiro atoms. The number of likely N-dealkylation sites (N-methyl/N-ethyl adjacent to an activating group) is 1. The summed E-state index contributed by atoms with van der Waals surface area (Å²) in [5.41, 5.74) is 3.30. The number of amides is 1. The van der Waals surface area contributed by atoms with E-state index in [1.807, 2.05) is 0 Å². The van der Waals surface area contributed by atoms with Gasteiger partial charge < -0.3 is 31.1 Å². The number of fused-ring (bicyclic) bond motifs is 3. The van der Waals surface area contributed by atoms with Gasteiger partial charge in [0.1, 0.15) is 32.7 Å². The first-order chi connectivity index (χ1) is 18.9. The molecule has 1 saturated carbocycles. The van der Waals surface area contributed by atoms with Gasteiger partial charge in [-0.2, -0.15) is 0 Å². The molecule has 1 amide bonds. The van der Waals surface area contributed by atoms with Crippen LogP contribution < -0.4 is 10.6 Å². The first-order valence-corrected chi connectivity index (χ1v) is 15.4. The Kier molecular flexibility index (Phi) is 7.78. The smallest absolute Gasteiger partial charge is 0.255 e. The molecule has 0 heterocycles. The number of aromatic hydroxyl groups is 1. The van der Waals surface area contributed by atoms with E-state index in [0.29, 0.717) is 36.1 Å². The maximum atomic E-state index is 14.0. The number of hydrogen-bond donors (Lipinski definition) is 5. The topological polar surface area (TPSA) is 199 Å². The molecule has 3 aliphatic carbocycles. The number of Topliss-reactive ketones (excluding diaryl/α,β-unsaturated/α-hetero) is 2. The number of rotatable bonds is 8. The second kappa shape index (κ2) is 10.4. The van der Waals surface area contributed by atoms with Gasteiger partial charge in [0.2, 0.25) is 5.78 Å². The fraction of sp³-hybridized carbons (Fsp3) is 0.536. The first kappa shape index (κ1) is 30.5. The fourth-order valence-corrected chi connectivity index (χ4v) is 7.34. The number of primary amides is 1. The maximum absolute atomic E-state index is 14.0. The lowest BCUT2D eigenvalue weighted by Crippen LogP contribution is -2.65. The van der Waals surface area contributed by atoms with E-state index >= 15 is 0 Å². The van der Waals surface area contributed by atoms with Crippen molar-refractivity contribution in [3.63, 3.8) is 0 Å². The second-order valence-corrected chi connectivity index (χ2v) is 14.0. The summed E-state index contributed by atoms with van der Waals surface area (Å²) < 4.78 is 23.0. The fourth-order valence-electron chi connectivity index (χ4n) is 6.62.